The molecule has 0 spiro atoms. The second-order valence-corrected chi connectivity index (χ2v) is 8.53. The fraction of sp³-hybridized carbons (Fsp3) is 0.280. The third kappa shape index (κ3) is 4.77. The van der Waals surface area contributed by atoms with Crippen LogP contribution in [0, 0.1) is 0 Å². The number of hydrogen-bond donors (Lipinski definition) is 3. The number of amides is 1. The van der Waals surface area contributed by atoms with Crippen LogP contribution in [0.25, 0.3) is 10.8 Å². The molecular weight excluding hydrogens is 454 g/mol. The maximum absolute atomic E-state index is 12.4. The minimum Gasteiger partial charge on any atom is -0.497 e. The zero-order valence-corrected chi connectivity index (χ0v) is 19.3. The molecule has 176 valence electrons. The average molecular weight is 480 g/mol. The number of fused-ring (bicyclic) bond motifs is 2. The molecule has 2 heterocycles. The topological polar surface area (TPSA) is 90.1 Å². The summed E-state index contributed by atoms with van der Waals surface area (Å²) in [6.07, 6.45) is -1.70. The van der Waals surface area contributed by atoms with Gasteiger partial charge in [0.15, 0.2) is 11.2 Å². The van der Waals surface area contributed by atoms with Crippen LogP contribution in [0.5, 0.6) is 5.75 Å². The summed E-state index contributed by atoms with van der Waals surface area (Å²) in [5, 5.41) is 12.0. The molecule has 0 saturated carbocycles. The van der Waals surface area contributed by atoms with Gasteiger partial charge in [0.2, 0.25) is 0 Å². The summed E-state index contributed by atoms with van der Waals surface area (Å²) in [5.41, 5.74) is 1.54. The van der Waals surface area contributed by atoms with Gasteiger partial charge in [0, 0.05) is 16.8 Å². The van der Waals surface area contributed by atoms with E-state index in [9.17, 15) is 4.79 Å². The largest absolute Gasteiger partial charge is 0.497 e. The minimum absolute atomic E-state index is 0.154. The van der Waals surface area contributed by atoms with Crippen LogP contribution < -0.4 is 20.7 Å². The molecule has 2 aliphatic rings. The van der Waals surface area contributed by atoms with Crippen molar-refractivity contribution in [3.05, 3.63) is 66.7 Å². The Balaban J connectivity index is 1.15. The maximum atomic E-state index is 12.4. The van der Waals surface area contributed by atoms with Crippen LogP contribution in [0.3, 0.4) is 0 Å². The molecule has 0 aromatic heterocycles. The van der Waals surface area contributed by atoms with Crippen molar-refractivity contribution in [3.8, 4) is 5.75 Å². The molecule has 3 N–H and O–H groups in total. The molecule has 8 nitrogen and oxygen atoms in total. The second-order valence-electron chi connectivity index (χ2n) is 8.12. The lowest BCUT2D eigenvalue weighted by atomic mass is 10.1. The number of thiocarbonyl (C=S) groups is 1. The fourth-order valence-corrected chi connectivity index (χ4v) is 4.57. The molecule has 3 aromatic carbocycles. The highest BCUT2D eigenvalue weighted by atomic mass is 32.1. The maximum Gasteiger partial charge on any atom is 0.412 e. The van der Waals surface area contributed by atoms with Crippen molar-refractivity contribution in [3.63, 3.8) is 0 Å². The van der Waals surface area contributed by atoms with Gasteiger partial charge in [-0.15, -0.1) is 0 Å². The predicted octanol–water partition coefficient (Wildman–Crippen LogP) is 3.92. The van der Waals surface area contributed by atoms with Crippen LogP contribution in [-0.2, 0) is 14.2 Å². The average Bonchev–Trinajstić information content (AvgIpc) is 3.43. The molecule has 0 aliphatic carbocycles. The number of carbonyl (C=O) groups is 1. The molecule has 0 radical (unpaired) electrons. The Bertz CT molecular complexity index is 1180. The molecule has 2 saturated heterocycles. The van der Waals surface area contributed by atoms with E-state index in [4.69, 9.17) is 31.2 Å². The van der Waals surface area contributed by atoms with Crippen LogP contribution in [0.1, 0.15) is 0 Å². The van der Waals surface area contributed by atoms with E-state index in [0.29, 0.717) is 23.2 Å². The smallest absolute Gasteiger partial charge is 0.412 e. The van der Waals surface area contributed by atoms with Crippen molar-refractivity contribution in [1.82, 2.24) is 5.32 Å². The third-order valence-electron chi connectivity index (χ3n) is 5.96. The van der Waals surface area contributed by atoms with Gasteiger partial charge in [-0.25, -0.2) is 4.79 Å². The van der Waals surface area contributed by atoms with Crippen molar-refractivity contribution in [2.45, 2.75) is 24.4 Å². The molecule has 5 rings (SSSR count). The van der Waals surface area contributed by atoms with Gasteiger partial charge in [-0.05, 0) is 47.9 Å². The first kappa shape index (κ1) is 22.4. The lowest BCUT2D eigenvalue weighted by Gasteiger charge is -2.20. The summed E-state index contributed by atoms with van der Waals surface area (Å²) >= 11 is 5.55. The van der Waals surface area contributed by atoms with Crippen LogP contribution in [-0.4, -0.2) is 55.9 Å². The number of rotatable bonds is 5. The molecular formula is C25H25N3O5S. The van der Waals surface area contributed by atoms with E-state index in [-0.39, 0.29) is 24.9 Å². The Morgan fingerprint density at radius 3 is 2.53 bits per heavy atom. The summed E-state index contributed by atoms with van der Waals surface area (Å²) in [5.74, 6) is 0.705. The van der Waals surface area contributed by atoms with Crippen LogP contribution in [0.15, 0.2) is 66.7 Å². The summed E-state index contributed by atoms with van der Waals surface area (Å²) < 4.78 is 22.5. The number of carbonyl (C=O) groups excluding carboxylic acids is 1. The van der Waals surface area contributed by atoms with Crippen LogP contribution >= 0.6 is 12.2 Å². The van der Waals surface area contributed by atoms with Crippen LogP contribution in [0.2, 0.25) is 0 Å². The highest BCUT2D eigenvalue weighted by molar-refractivity contribution is 7.80. The van der Waals surface area contributed by atoms with Crippen molar-refractivity contribution < 1.29 is 23.7 Å². The van der Waals surface area contributed by atoms with Gasteiger partial charge in [0.25, 0.3) is 0 Å². The SMILES string of the molecule is COc1ccc(NC(=O)OC2COC3C(NC(=S)Nc4cccc5ccccc45)COC23)cc1. The molecule has 0 bridgehead atoms. The van der Waals surface area contributed by atoms with E-state index in [0.717, 1.165) is 16.5 Å². The number of methoxy groups -OCH3 is 1. The number of nitrogens with one attached hydrogen (secondary N) is 3. The van der Waals surface area contributed by atoms with E-state index >= 15 is 0 Å². The zero-order valence-electron chi connectivity index (χ0n) is 18.5. The first-order chi connectivity index (χ1) is 16.6. The zero-order chi connectivity index (χ0) is 23.5. The van der Waals surface area contributed by atoms with Crippen LogP contribution in [0.4, 0.5) is 16.2 Å². The number of ether oxygens (including phenoxy) is 4. The highest BCUT2D eigenvalue weighted by Gasteiger charge is 2.49. The Hall–Kier alpha value is -3.40. The molecule has 2 aliphatic heterocycles. The third-order valence-corrected chi connectivity index (χ3v) is 6.18. The lowest BCUT2D eigenvalue weighted by Crippen LogP contribution is -2.46. The normalized spacial score (nSPS) is 23.2. The number of benzene rings is 3. The molecule has 34 heavy (non-hydrogen) atoms. The fourth-order valence-electron chi connectivity index (χ4n) is 4.31. The highest BCUT2D eigenvalue weighted by Crippen LogP contribution is 2.30. The first-order valence-electron chi connectivity index (χ1n) is 11.0. The quantitative estimate of drug-likeness (QED) is 0.475. The first-order valence-corrected chi connectivity index (χ1v) is 11.4. The minimum atomic E-state index is -0.562. The van der Waals surface area contributed by atoms with Crippen molar-refractivity contribution >= 4 is 45.6 Å². The lowest BCUT2D eigenvalue weighted by molar-refractivity contribution is 0.00880. The monoisotopic (exact) mass is 479 g/mol. The van der Waals surface area contributed by atoms with E-state index in [1.165, 1.54) is 0 Å². The van der Waals surface area contributed by atoms with E-state index in [1.807, 2.05) is 30.3 Å². The standard InChI is InChI=1S/C25H25N3O5S/c1-30-17-11-9-16(10-12-17)26-25(29)33-21-14-32-22-20(13-31-23(21)22)28-24(34)27-19-8-4-6-15-5-2-3-7-18(15)19/h2-12,20-23H,13-14H2,1H3,(H,26,29)(H2,27,28,34). The summed E-state index contributed by atoms with van der Waals surface area (Å²) in [6, 6.07) is 21.0. The summed E-state index contributed by atoms with van der Waals surface area (Å²) in [4.78, 5) is 12.4. The second kappa shape index (κ2) is 9.84. The summed E-state index contributed by atoms with van der Waals surface area (Å²) in [6.45, 7) is 0.652. The number of hydrogen-bond acceptors (Lipinski definition) is 6. The Kier molecular flexibility index (Phi) is 6.48. The van der Waals surface area contributed by atoms with Gasteiger partial charge in [0.1, 0.15) is 18.0 Å². The number of anilines is 2. The Morgan fingerprint density at radius 2 is 1.71 bits per heavy atom. The molecule has 4 unspecified atom stereocenters. The Morgan fingerprint density at radius 1 is 0.941 bits per heavy atom. The molecule has 4 atom stereocenters. The van der Waals surface area contributed by atoms with Crippen molar-refractivity contribution in [2.75, 3.05) is 31.0 Å². The van der Waals surface area contributed by atoms with Gasteiger partial charge >= 0.3 is 6.09 Å². The molecule has 1 amide bonds. The van der Waals surface area contributed by atoms with Crippen molar-refractivity contribution in [1.29, 1.82) is 0 Å². The van der Waals surface area contributed by atoms with Crippen molar-refractivity contribution in [2.24, 2.45) is 0 Å². The van der Waals surface area contributed by atoms with Gasteiger partial charge in [-0.1, -0.05) is 36.4 Å². The van der Waals surface area contributed by atoms with Gasteiger partial charge in [-0.2, -0.15) is 0 Å². The van der Waals surface area contributed by atoms with Gasteiger partial charge < -0.3 is 29.6 Å². The molecule has 9 heteroatoms. The summed E-state index contributed by atoms with van der Waals surface area (Å²) in [7, 11) is 1.59. The van der Waals surface area contributed by atoms with Gasteiger partial charge in [0.05, 0.1) is 26.4 Å². The Labute approximate surface area is 202 Å². The molecule has 3 aromatic rings. The predicted molar refractivity (Wildman–Crippen MR) is 133 cm³/mol. The van der Waals surface area contributed by atoms with E-state index in [1.54, 1.807) is 31.4 Å². The van der Waals surface area contributed by atoms with E-state index in [2.05, 4.69) is 28.1 Å². The van der Waals surface area contributed by atoms with Gasteiger partial charge in [-0.3, -0.25) is 5.32 Å². The van der Waals surface area contributed by atoms with E-state index < -0.39 is 12.2 Å². The molecule has 2 fully saturated rings.